The van der Waals surface area contributed by atoms with E-state index >= 15 is 0 Å². The SMILES string of the molecule is CN=C(NC1CCN(CC(=O)NC)CC1)NC1C2CCOC2C12CCC2. The molecule has 0 bridgehead atoms. The predicted octanol–water partition coefficient (Wildman–Crippen LogP) is 0.319. The van der Waals surface area contributed by atoms with Gasteiger partial charge in [-0.1, -0.05) is 6.42 Å². The number of aliphatic imine (C=N–C) groups is 1. The fraction of sp³-hybridized carbons (Fsp3) is 0.895. The maximum atomic E-state index is 11.5. The molecule has 26 heavy (non-hydrogen) atoms. The van der Waals surface area contributed by atoms with Crippen molar-refractivity contribution >= 4 is 11.9 Å². The second-order valence-electron chi connectivity index (χ2n) is 8.39. The normalized spacial score (nSPS) is 33.9. The zero-order valence-corrected chi connectivity index (χ0v) is 16.1. The molecule has 2 aliphatic carbocycles. The van der Waals surface area contributed by atoms with Crippen LogP contribution in [0.3, 0.4) is 0 Å². The zero-order chi connectivity index (χ0) is 18.1. The highest BCUT2D eigenvalue weighted by molar-refractivity contribution is 5.80. The number of carbonyl (C=O) groups excluding carboxylic acids is 1. The first-order chi connectivity index (χ1) is 12.7. The summed E-state index contributed by atoms with van der Waals surface area (Å²) in [5.74, 6) is 1.69. The summed E-state index contributed by atoms with van der Waals surface area (Å²) in [7, 11) is 3.56. The molecule has 2 heterocycles. The second kappa shape index (κ2) is 7.35. The number of nitrogens with one attached hydrogen (secondary N) is 3. The zero-order valence-electron chi connectivity index (χ0n) is 16.1. The summed E-state index contributed by atoms with van der Waals surface area (Å²) in [4.78, 5) is 18.2. The molecule has 2 saturated carbocycles. The van der Waals surface area contributed by atoms with E-state index in [1.165, 1.54) is 25.7 Å². The lowest BCUT2D eigenvalue weighted by atomic mass is 9.46. The van der Waals surface area contributed by atoms with Crippen molar-refractivity contribution in [3.05, 3.63) is 0 Å². The molecule has 7 nitrogen and oxygen atoms in total. The van der Waals surface area contributed by atoms with Crippen molar-refractivity contribution in [3.8, 4) is 0 Å². The molecular formula is C19H33N5O2. The molecule has 2 aliphatic heterocycles. The molecule has 3 unspecified atom stereocenters. The third kappa shape index (κ3) is 3.09. The number of carbonyl (C=O) groups is 1. The van der Waals surface area contributed by atoms with Gasteiger partial charge in [-0.15, -0.1) is 0 Å². The maximum absolute atomic E-state index is 11.5. The van der Waals surface area contributed by atoms with Gasteiger partial charge in [0.15, 0.2) is 5.96 Å². The number of piperidine rings is 1. The molecule has 0 radical (unpaired) electrons. The molecule has 146 valence electrons. The van der Waals surface area contributed by atoms with E-state index < -0.39 is 0 Å². The van der Waals surface area contributed by atoms with Crippen molar-refractivity contribution in [1.29, 1.82) is 0 Å². The first-order valence-electron chi connectivity index (χ1n) is 10.2. The van der Waals surface area contributed by atoms with Gasteiger partial charge in [0.1, 0.15) is 0 Å². The van der Waals surface area contributed by atoms with Gasteiger partial charge in [0.2, 0.25) is 5.91 Å². The number of amides is 1. The number of likely N-dealkylation sites (tertiary alicyclic amines) is 1. The van der Waals surface area contributed by atoms with E-state index in [-0.39, 0.29) is 5.91 Å². The van der Waals surface area contributed by atoms with E-state index in [9.17, 15) is 4.79 Å². The Bertz CT molecular complexity index is 554. The van der Waals surface area contributed by atoms with Gasteiger partial charge in [-0.25, -0.2) is 0 Å². The van der Waals surface area contributed by atoms with E-state index in [1.807, 2.05) is 7.05 Å². The Morgan fingerprint density at radius 3 is 2.62 bits per heavy atom. The highest BCUT2D eigenvalue weighted by Crippen LogP contribution is 2.62. The maximum Gasteiger partial charge on any atom is 0.233 e. The van der Waals surface area contributed by atoms with Crippen LogP contribution in [0.15, 0.2) is 4.99 Å². The van der Waals surface area contributed by atoms with Crippen LogP contribution in [0, 0.1) is 11.3 Å². The van der Waals surface area contributed by atoms with Crippen molar-refractivity contribution in [2.75, 3.05) is 40.3 Å². The number of nitrogens with zero attached hydrogens (tertiary/aromatic N) is 2. The molecular weight excluding hydrogens is 330 g/mol. The van der Waals surface area contributed by atoms with Gasteiger partial charge in [-0.05, 0) is 32.1 Å². The third-order valence-electron chi connectivity index (χ3n) is 7.13. The predicted molar refractivity (Wildman–Crippen MR) is 101 cm³/mol. The van der Waals surface area contributed by atoms with Crippen molar-refractivity contribution in [1.82, 2.24) is 20.9 Å². The summed E-state index contributed by atoms with van der Waals surface area (Å²) in [6.07, 6.45) is 7.67. The van der Waals surface area contributed by atoms with E-state index in [0.717, 1.165) is 38.5 Å². The first kappa shape index (κ1) is 18.0. The minimum absolute atomic E-state index is 0.0954. The summed E-state index contributed by atoms with van der Waals surface area (Å²) in [6.45, 7) is 3.33. The topological polar surface area (TPSA) is 78.0 Å². The Balaban J connectivity index is 1.27. The third-order valence-corrected chi connectivity index (χ3v) is 7.13. The largest absolute Gasteiger partial charge is 0.377 e. The molecule has 4 aliphatic rings. The number of hydrogen-bond donors (Lipinski definition) is 3. The standard InChI is InChI=1S/C19H33N5O2/c1-20-15(25)12-24-9-4-13(5-10-24)22-18(21-2)23-16-14-6-11-26-17(14)19(16)7-3-8-19/h13-14,16-17H,3-12H2,1-2H3,(H,20,25)(H2,21,22,23). The summed E-state index contributed by atoms with van der Waals surface area (Å²) in [5, 5.41) is 10.1. The monoisotopic (exact) mass is 363 g/mol. The molecule has 3 N–H and O–H groups in total. The molecule has 0 aromatic carbocycles. The molecule has 0 aromatic heterocycles. The van der Waals surface area contributed by atoms with Crippen molar-refractivity contribution in [2.24, 2.45) is 16.3 Å². The lowest BCUT2D eigenvalue weighted by molar-refractivity contribution is -0.171. The fourth-order valence-electron chi connectivity index (χ4n) is 5.48. The molecule has 1 spiro atoms. The van der Waals surface area contributed by atoms with Crippen LogP contribution in [-0.2, 0) is 9.53 Å². The number of likely N-dealkylation sites (N-methyl/N-ethyl adjacent to an activating group) is 1. The summed E-state index contributed by atoms with van der Waals surface area (Å²) < 4.78 is 6.02. The Morgan fingerprint density at radius 1 is 1.23 bits per heavy atom. The first-order valence-corrected chi connectivity index (χ1v) is 10.2. The molecule has 2 saturated heterocycles. The number of guanidine groups is 1. The highest BCUT2D eigenvalue weighted by atomic mass is 16.5. The van der Waals surface area contributed by atoms with Crippen molar-refractivity contribution in [3.63, 3.8) is 0 Å². The quantitative estimate of drug-likeness (QED) is 0.495. The molecule has 1 amide bonds. The summed E-state index contributed by atoms with van der Waals surface area (Å²) in [6, 6.07) is 0.943. The average Bonchev–Trinajstić information content (AvgIpc) is 3.03. The Kier molecular flexibility index (Phi) is 5.10. The molecule has 7 heteroatoms. The number of ether oxygens (including phenoxy) is 1. The molecule has 0 aromatic rings. The average molecular weight is 364 g/mol. The molecule has 4 fully saturated rings. The van der Waals surface area contributed by atoms with Gasteiger partial charge in [-0.2, -0.15) is 0 Å². The van der Waals surface area contributed by atoms with Crippen LogP contribution in [-0.4, -0.2) is 75.3 Å². The number of fused-ring (bicyclic) bond motifs is 2. The van der Waals surface area contributed by atoms with Crippen LogP contribution in [0.4, 0.5) is 0 Å². The van der Waals surface area contributed by atoms with E-state index in [4.69, 9.17) is 4.74 Å². The minimum atomic E-state index is 0.0954. The Hall–Kier alpha value is -1.34. The van der Waals surface area contributed by atoms with E-state index in [0.29, 0.717) is 36.1 Å². The van der Waals surface area contributed by atoms with Crippen LogP contribution >= 0.6 is 0 Å². The van der Waals surface area contributed by atoms with Gasteiger partial charge in [0, 0.05) is 57.2 Å². The van der Waals surface area contributed by atoms with Gasteiger partial charge < -0.3 is 20.7 Å². The minimum Gasteiger partial charge on any atom is -0.377 e. The van der Waals surface area contributed by atoms with Gasteiger partial charge in [0.25, 0.3) is 0 Å². The summed E-state index contributed by atoms with van der Waals surface area (Å²) in [5.41, 5.74) is 0.371. The van der Waals surface area contributed by atoms with Gasteiger partial charge in [0.05, 0.1) is 12.6 Å². The summed E-state index contributed by atoms with van der Waals surface area (Å²) >= 11 is 0. The van der Waals surface area contributed by atoms with Gasteiger partial charge >= 0.3 is 0 Å². The Labute approximate surface area is 156 Å². The number of hydrogen-bond acceptors (Lipinski definition) is 4. The van der Waals surface area contributed by atoms with Crippen LogP contribution in [0.5, 0.6) is 0 Å². The lowest BCUT2D eigenvalue weighted by Crippen LogP contribution is -2.72. The number of rotatable bonds is 4. The van der Waals surface area contributed by atoms with E-state index in [2.05, 4.69) is 25.8 Å². The van der Waals surface area contributed by atoms with Crippen LogP contribution in [0.25, 0.3) is 0 Å². The van der Waals surface area contributed by atoms with Crippen LogP contribution in [0.2, 0.25) is 0 Å². The molecule has 4 rings (SSSR count). The van der Waals surface area contributed by atoms with Crippen molar-refractivity contribution < 1.29 is 9.53 Å². The lowest BCUT2D eigenvalue weighted by Gasteiger charge is -2.63. The van der Waals surface area contributed by atoms with Crippen molar-refractivity contribution in [2.45, 2.75) is 56.7 Å². The van der Waals surface area contributed by atoms with Crippen LogP contribution < -0.4 is 16.0 Å². The van der Waals surface area contributed by atoms with Gasteiger partial charge in [-0.3, -0.25) is 14.7 Å². The van der Waals surface area contributed by atoms with E-state index in [1.54, 1.807) is 7.05 Å². The smallest absolute Gasteiger partial charge is 0.233 e. The van der Waals surface area contributed by atoms with Crippen LogP contribution in [0.1, 0.15) is 38.5 Å². The molecule has 3 atom stereocenters. The highest BCUT2D eigenvalue weighted by Gasteiger charge is 2.66. The fourth-order valence-corrected chi connectivity index (χ4v) is 5.48. The Morgan fingerprint density at radius 2 is 2.00 bits per heavy atom. The second-order valence-corrected chi connectivity index (χ2v) is 8.39.